The minimum Gasteiger partial charge on any atom is -0.459 e. The number of hydrogen-bond donors (Lipinski definition) is 2. The maximum absolute atomic E-state index is 13.3. The van der Waals surface area contributed by atoms with E-state index in [1.165, 1.54) is 25.5 Å². The lowest BCUT2D eigenvalue weighted by Crippen LogP contribution is -2.56. The van der Waals surface area contributed by atoms with Crippen LogP contribution in [0.4, 0.5) is 0 Å². The van der Waals surface area contributed by atoms with Gasteiger partial charge < -0.3 is 20.4 Å². The number of carbonyl (C=O) groups excluding carboxylic acids is 2. The average Bonchev–Trinajstić information content (AvgIpc) is 3.31. The summed E-state index contributed by atoms with van der Waals surface area (Å²) >= 11 is 0. The van der Waals surface area contributed by atoms with Crippen molar-refractivity contribution in [3.05, 3.63) is 59.5 Å². The summed E-state index contributed by atoms with van der Waals surface area (Å²) in [6.07, 6.45) is 7.82. The van der Waals surface area contributed by atoms with Crippen LogP contribution >= 0.6 is 0 Å². The minimum absolute atomic E-state index is 0.0412. The number of furan rings is 1. The number of fused-ring (bicyclic) bond motifs is 1. The summed E-state index contributed by atoms with van der Waals surface area (Å²) in [6.45, 7) is 0.816. The first-order valence-corrected chi connectivity index (χ1v) is 10.6. The first-order valence-electron chi connectivity index (χ1n) is 10.6. The van der Waals surface area contributed by atoms with E-state index in [4.69, 9.17) is 10.2 Å². The number of nitrogens with one attached hydrogen (secondary N) is 1. The molecule has 0 radical (unpaired) electrons. The Morgan fingerprint density at radius 3 is 2.55 bits per heavy atom. The molecular weight excluding hydrogens is 366 g/mol. The fraction of sp³-hybridized carbons (Fsp3) is 0.478. The van der Waals surface area contributed by atoms with Crippen molar-refractivity contribution >= 4 is 11.8 Å². The highest BCUT2D eigenvalue weighted by atomic mass is 16.3. The van der Waals surface area contributed by atoms with Crippen LogP contribution in [0, 0.1) is 5.92 Å². The standard InChI is InChI=1S/C23H29N3O3/c24-14-19(16-7-2-1-3-8-16)25-22(27)20-13-17-9-4-5-10-18(17)15-26(20)23(28)21-11-6-12-29-21/h4-6,9-12,16,19-20H,1-3,7-8,13-15,24H2,(H,25,27). The first kappa shape index (κ1) is 19.7. The van der Waals surface area contributed by atoms with Crippen molar-refractivity contribution in [3.63, 3.8) is 0 Å². The molecule has 2 aliphatic rings. The second-order valence-electron chi connectivity index (χ2n) is 8.15. The molecule has 6 heteroatoms. The fourth-order valence-corrected chi connectivity index (χ4v) is 4.70. The molecule has 2 amide bonds. The van der Waals surface area contributed by atoms with Crippen molar-refractivity contribution in [3.8, 4) is 0 Å². The molecule has 1 aliphatic heterocycles. The predicted molar refractivity (Wildman–Crippen MR) is 110 cm³/mol. The number of rotatable bonds is 5. The minimum atomic E-state index is -0.569. The number of nitrogens with two attached hydrogens (primary N) is 1. The first-order chi connectivity index (χ1) is 14.2. The molecule has 3 N–H and O–H groups in total. The maximum Gasteiger partial charge on any atom is 0.290 e. The molecule has 4 rings (SSSR count). The van der Waals surface area contributed by atoms with Crippen LogP contribution in [0.5, 0.6) is 0 Å². The maximum atomic E-state index is 13.3. The van der Waals surface area contributed by atoms with E-state index >= 15 is 0 Å². The lowest BCUT2D eigenvalue weighted by molar-refractivity contribution is -0.127. The van der Waals surface area contributed by atoms with Crippen LogP contribution in [-0.4, -0.2) is 35.3 Å². The Balaban J connectivity index is 1.56. The Bertz CT molecular complexity index is 843. The lowest BCUT2D eigenvalue weighted by Gasteiger charge is -2.37. The molecule has 2 unspecified atom stereocenters. The van der Waals surface area contributed by atoms with Crippen molar-refractivity contribution in [1.82, 2.24) is 10.2 Å². The summed E-state index contributed by atoms with van der Waals surface area (Å²) in [5, 5.41) is 3.18. The zero-order valence-electron chi connectivity index (χ0n) is 16.7. The molecular formula is C23H29N3O3. The van der Waals surface area contributed by atoms with Gasteiger partial charge in [0.15, 0.2) is 5.76 Å². The molecule has 0 saturated heterocycles. The van der Waals surface area contributed by atoms with Crippen molar-refractivity contribution in [2.45, 2.75) is 57.2 Å². The number of carbonyl (C=O) groups is 2. The van der Waals surface area contributed by atoms with E-state index in [1.807, 2.05) is 24.3 Å². The van der Waals surface area contributed by atoms with Crippen molar-refractivity contribution < 1.29 is 14.0 Å². The van der Waals surface area contributed by atoms with Gasteiger partial charge in [-0.1, -0.05) is 43.5 Å². The van der Waals surface area contributed by atoms with E-state index in [0.717, 1.165) is 24.0 Å². The Morgan fingerprint density at radius 1 is 1.10 bits per heavy atom. The summed E-state index contributed by atoms with van der Waals surface area (Å²) in [6, 6.07) is 10.7. The molecule has 2 atom stereocenters. The Hall–Kier alpha value is -2.60. The lowest BCUT2D eigenvalue weighted by atomic mass is 9.83. The van der Waals surface area contributed by atoms with E-state index < -0.39 is 6.04 Å². The van der Waals surface area contributed by atoms with Crippen LogP contribution in [0.1, 0.15) is 53.8 Å². The van der Waals surface area contributed by atoms with Gasteiger partial charge in [0.05, 0.1) is 6.26 Å². The van der Waals surface area contributed by atoms with E-state index in [-0.39, 0.29) is 23.6 Å². The quantitative estimate of drug-likeness (QED) is 0.815. The van der Waals surface area contributed by atoms with Crippen LogP contribution in [0.15, 0.2) is 47.1 Å². The summed E-state index contributed by atoms with van der Waals surface area (Å²) < 4.78 is 5.32. The van der Waals surface area contributed by atoms with E-state index in [2.05, 4.69) is 5.32 Å². The van der Waals surface area contributed by atoms with Gasteiger partial charge in [0.1, 0.15) is 6.04 Å². The Morgan fingerprint density at radius 2 is 1.86 bits per heavy atom. The highest BCUT2D eigenvalue weighted by molar-refractivity contribution is 5.96. The molecule has 1 aromatic carbocycles. The smallest absolute Gasteiger partial charge is 0.290 e. The highest BCUT2D eigenvalue weighted by Crippen LogP contribution is 2.28. The molecule has 2 heterocycles. The molecule has 29 heavy (non-hydrogen) atoms. The second-order valence-corrected chi connectivity index (χ2v) is 8.15. The zero-order valence-corrected chi connectivity index (χ0v) is 16.7. The van der Waals surface area contributed by atoms with Gasteiger partial charge in [-0.25, -0.2) is 0 Å². The van der Waals surface area contributed by atoms with Crippen LogP contribution in [0.3, 0.4) is 0 Å². The van der Waals surface area contributed by atoms with Crippen LogP contribution < -0.4 is 11.1 Å². The van der Waals surface area contributed by atoms with Gasteiger partial charge in [0, 0.05) is 25.6 Å². The van der Waals surface area contributed by atoms with Gasteiger partial charge in [0.25, 0.3) is 5.91 Å². The van der Waals surface area contributed by atoms with Crippen molar-refractivity contribution in [2.75, 3.05) is 6.54 Å². The monoisotopic (exact) mass is 395 g/mol. The molecule has 1 saturated carbocycles. The number of amides is 2. The molecule has 1 aliphatic carbocycles. The summed E-state index contributed by atoms with van der Waals surface area (Å²) in [5.41, 5.74) is 8.20. The van der Waals surface area contributed by atoms with Crippen LogP contribution in [0.25, 0.3) is 0 Å². The Labute approximate surface area is 171 Å². The topological polar surface area (TPSA) is 88.6 Å². The van der Waals surface area contributed by atoms with E-state index in [1.54, 1.807) is 17.0 Å². The summed E-state index contributed by atoms with van der Waals surface area (Å²) in [4.78, 5) is 28.0. The van der Waals surface area contributed by atoms with Gasteiger partial charge in [-0.2, -0.15) is 0 Å². The molecule has 2 aromatic rings. The number of nitrogens with zero attached hydrogens (tertiary/aromatic N) is 1. The third-order valence-corrected chi connectivity index (χ3v) is 6.34. The molecule has 1 aromatic heterocycles. The molecule has 6 nitrogen and oxygen atoms in total. The van der Waals surface area contributed by atoms with Gasteiger partial charge in [-0.3, -0.25) is 9.59 Å². The second kappa shape index (κ2) is 8.82. The normalized spacial score (nSPS) is 20.7. The van der Waals surface area contributed by atoms with Crippen molar-refractivity contribution in [2.24, 2.45) is 11.7 Å². The SMILES string of the molecule is NCC(NC(=O)C1Cc2ccccc2CN1C(=O)c1ccco1)C1CCCCC1. The zero-order chi connectivity index (χ0) is 20.2. The highest BCUT2D eigenvalue weighted by Gasteiger charge is 2.37. The largest absolute Gasteiger partial charge is 0.459 e. The average molecular weight is 396 g/mol. The van der Waals surface area contributed by atoms with Gasteiger partial charge >= 0.3 is 0 Å². The van der Waals surface area contributed by atoms with E-state index in [9.17, 15) is 9.59 Å². The fourth-order valence-electron chi connectivity index (χ4n) is 4.70. The number of benzene rings is 1. The molecule has 154 valence electrons. The third-order valence-electron chi connectivity index (χ3n) is 6.34. The van der Waals surface area contributed by atoms with Gasteiger partial charge in [0.2, 0.25) is 5.91 Å². The number of hydrogen-bond acceptors (Lipinski definition) is 4. The van der Waals surface area contributed by atoms with Crippen molar-refractivity contribution in [1.29, 1.82) is 0 Å². The third kappa shape index (κ3) is 4.22. The molecule has 0 spiro atoms. The Kier molecular flexibility index (Phi) is 6.00. The summed E-state index contributed by atoms with van der Waals surface area (Å²) in [7, 11) is 0. The van der Waals surface area contributed by atoms with Gasteiger partial charge in [-0.15, -0.1) is 0 Å². The molecule has 0 bridgehead atoms. The van der Waals surface area contributed by atoms with Gasteiger partial charge in [-0.05, 0) is 42.0 Å². The van der Waals surface area contributed by atoms with Crippen LogP contribution in [0.2, 0.25) is 0 Å². The van der Waals surface area contributed by atoms with E-state index in [0.29, 0.717) is 25.4 Å². The molecule has 1 fully saturated rings. The predicted octanol–water partition coefficient (Wildman–Crippen LogP) is 2.87. The van der Waals surface area contributed by atoms with Crippen LogP contribution in [-0.2, 0) is 17.8 Å². The summed E-state index contributed by atoms with van der Waals surface area (Å²) in [5.74, 6) is 0.291.